The Morgan fingerprint density at radius 1 is 1.33 bits per heavy atom. The molecule has 0 aromatic carbocycles. The number of carbonyl (C=O) groups is 2. The largest absolute Gasteiger partial charge is 0.480 e. The van der Waals surface area contributed by atoms with Gasteiger partial charge in [-0.05, 0) is 6.92 Å². The fourth-order valence-electron chi connectivity index (χ4n) is 1.61. The van der Waals surface area contributed by atoms with Gasteiger partial charge in [-0.25, -0.2) is 0 Å². The second kappa shape index (κ2) is 5.83. The molecule has 0 spiro atoms. The maximum Gasteiger partial charge on any atom is 0.317 e. The van der Waals surface area contributed by atoms with Gasteiger partial charge in [0.1, 0.15) is 0 Å². The number of carboxylic acid groups (broad SMARTS) is 2. The number of nitrogens with zero attached hydrogens (tertiary/aromatic N) is 3. The summed E-state index contributed by atoms with van der Waals surface area (Å²) in [6.45, 7) is 1.11. The first kappa shape index (κ1) is 14.5. The van der Waals surface area contributed by atoms with Crippen LogP contribution in [-0.4, -0.2) is 49.9 Å². The van der Waals surface area contributed by atoms with Crippen molar-refractivity contribution in [2.75, 3.05) is 13.1 Å². The fourth-order valence-corrected chi connectivity index (χ4v) is 1.83. The summed E-state index contributed by atoms with van der Waals surface area (Å²) in [5, 5.41) is 22.0. The van der Waals surface area contributed by atoms with Gasteiger partial charge in [0, 0.05) is 13.6 Å². The van der Waals surface area contributed by atoms with Crippen LogP contribution in [0.4, 0.5) is 0 Å². The van der Waals surface area contributed by atoms with Gasteiger partial charge in [0.25, 0.3) is 0 Å². The zero-order valence-corrected chi connectivity index (χ0v) is 10.8. The topological polar surface area (TPSA) is 95.7 Å². The molecule has 8 heteroatoms. The lowest BCUT2D eigenvalue weighted by Gasteiger charge is -2.18. The molecule has 0 saturated heterocycles. The molecule has 1 rings (SSSR count). The Morgan fingerprint density at radius 3 is 2.17 bits per heavy atom. The molecule has 0 aliphatic carbocycles. The number of carboxylic acids is 2. The van der Waals surface area contributed by atoms with Gasteiger partial charge in [-0.1, -0.05) is 11.6 Å². The van der Waals surface area contributed by atoms with Crippen LogP contribution >= 0.6 is 11.6 Å². The van der Waals surface area contributed by atoms with E-state index in [-0.39, 0.29) is 19.6 Å². The third-order valence-electron chi connectivity index (χ3n) is 2.35. The summed E-state index contributed by atoms with van der Waals surface area (Å²) < 4.78 is 1.52. The number of hydrogen-bond donors (Lipinski definition) is 2. The van der Waals surface area contributed by atoms with Crippen LogP contribution in [0.2, 0.25) is 5.02 Å². The highest BCUT2D eigenvalue weighted by Gasteiger charge is 2.18. The summed E-state index contributed by atoms with van der Waals surface area (Å²) in [6, 6.07) is 0. The van der Waals surface area contributed by atoms with E-state index >= 15 is 0 Å². The van der Waals surface area contributed by atoms with Crippen molar-refractivity contribution in [3.05, 3.63) is 16.4 Å². The van der Waals surface area contributed by atoms with E-state index < -0.39 is 11.9 Å². The van der Waals surface area contributed by atoms with Crippen molar-refractivity contribution in [1.29, 1.82) is 0 Å². The van der Waals surface area contributed by atoms with Crippen LogP contribution in [0.5, 0.6) is 0 Å². The van der Waals surface area contributed by atoms with E-state index in [9.17, 15) is 9.59 Å². The Balaban J connectivity index is 2.88. The molecule has 0 fully saturated rings. The van der Waals surface area contributed by atoms with Crippen LogP contribution < -0.4 is 0 Å². The van der Waals surface area contributed by atoms with E-state index in [1.165, 1.54) is 9.58 Å². The van der Waals surface area contributed by atoms with E-state index in [1.54, 1.807) is 14.0 Å². The Bertz CT molecular complexity index is 456. The molecule has 0 radical (unpaired) electrons. The molecule has 0 aliphatic heterocycles. The average Bonchev–Trinajstić information content (AvgIpc) is 2.43. The molecule has 0 saturated carbocycles. The first-order valence-corrected chi connectivity index (χ1v) is 5.53. The van der Waals surface area contributed by atoms with Crippen LogP contribution in [0.1, 0.15) is 11.4 Å². The molecule has 0 aliphatic rings. The van der Waals surface area contributed by atoms with E-state index in [2.05, 4.69) is 5.10 Å². The quantitative estimate of drug-likeness (QED) is 0.778. The van der Waals surface area contributed by atoms with Crippen LogP contribution in [0.15, 0.2) is 0 Å². The SMILES string of the molecule is Cc1nn(C)c(CN(CC(=O)O)CC(=O)O)c1Cl. The third-order valence-corrected chi connectivity index (χ3v) is 2.84. The second-order valence-electron chi connectivity index (χ2n) is 3.90. The van der Waals surface area contributed by atoms with Crippen LogP contribution in [0.3, 0.4) is 0 Å². The Labute approximate surface area is 109 Å². The third kappa shape index (κ3) is 3.71. The van der Waals surface area contributed by atoms with Crippen LogP contribution in [0, 0.1) is 6.92 Å². The predicted molar refractivity (Wildman–Crippen MR) is 63.5 cm³/mol. The molecule has 1 heterocycles. The molecule has 1 aromatic heterocycles. The molecule has 100 valence electrons. The minimum atomic E-state index is -1.09. The van der Waals surface area contributed by atoms with E-state index in [0.717, 1.165) is 0 Å². The molecule has 7 nitrogen and oxygen atoms in total. The highest BCUT2D eigenvalue weighted by Crippen LogP contribution is 2.20. The van der Waals surface area contributed by atoms with E-state index in [4.69, 9.17) is 21.8 Å². The molecular weight excluding hydrogens is 262 g/mol. The van der Waals surface area contributed by atoms with Gasteiger partial charge in [-0.3, -0.25) is 19.2 Å². The minimum Gasteiger partial charge on any atom is -0.480 e. The van der Waals surface area contributed by atoms with Gasteiger partial charge in [-0.2, -0.15) is 5.10 Å². The van der Waals surface area contributed by atoms with Crippen molar-refractivity contribution in [3.8, 4) is 0 Å². The van der Waals surface area contributed by atoms with Crippen molar-refractivity contribution < 1.29 is 19.8 Å². The molecule has 0 unspecified atom stereocenters. The maximum absolute atomic E-state index is 10.7. The molecule has 2 N–H and O–H groups in total. The van der Waals surface area contributed by atoms with Crippen molar-refractivity contribution in [1.82, 2.24) is 14.7 Å². The summed E-state index contributed by atoms with van der Waals surface area (Å²) in [6.07, 6.45) is 0. The van der Waals surface area contributed by atoms with Gasteiger partial charge in [-0.15, -0.1) is 0 Å². The van der Waals surface area contributed by atoms with Crippen LogP contribution in [0.25, 0.3) is 0 Å². The highest BCUT2D eigenvalue weighted by atomic mass is 35.5. The lowest BCUT2D eigenvalue weighted by Crippen LogP contribution is -2.34. The van der Waals surface area contributed by atoms with Gasteiger partial charge >= 0.3 is 11.9 Å². The molecule has 0 bridgehead atoms. The smallest absolute Gasteiger partial charge is 0.317 e. The molecule has 0 atom stereocenters. The predicted octanol–water partition coefficient (Wildman–Crippen LogP) is 0.353. The Hall–Kier alpha value is -1.60. The summed E-state index contributed by atoms with van der Waals surface area (Å²) in [5.74, 6) is -2.18. The average molecular weight is 276 g/mol. The number of aryl methyl sites for hydroxylation is 2. The van der Waals surface area contributed by atoms with Crippen molar-refractivity contribution in [3.63, 3.8) is 0 Å². The molecule has 0 amide bonds. The van der Waals surface area contributed by atoms with Crippen molar-refractivity contribution in [2.24, 2.45) is 7.05 Å². The normalized spacial score (nSPS) is 10.9. The molecule has 18 heavy (non-hydrogen) atoms. The Morgan fingerprint density at radius 2 is 1.83 bits per heavy atom. The number of rotatable bonds is 6. The number of aromatic nitrogens is 2. The van der Waals surface area contributed by atoms with Gasteiger partial charge < -0.3 is 10.2 Å². The lowest BCUT2D eigenvalue weighted by atomic mass is 10.3. The first-order valence-electron chi connectivity index (χ1n) is 5.15. The van der Waals surface area contributed by atoms with Crippen molar-refractivity contribution in [2.45, 2.75) is 13.5 Å². The first-order chi connectivity index (χ1) is 8.31. The Kier molecular flexibility index (Phi) is 4.69. The summed E-state index contributed by atoms with van der Waals surface area (Å²) >= 11 is 6.03. The summed E-state index contributed by atoms with van der Waals surface area (Å²) in [7, 11) is 1.67. The fraction of sp³-hybridized carbons (Fsp3) is 0.500. The standard InChI is InChI=1S/C10H14ClN3O4/c1-6-10(11)7(13(2)12-6)3-14(4-8(15)16)5-9(17)18/h3-5H2,1-2H3,(H,15,16)(H,17,18). The van der Waals surface area contributed by atoms with Crippen molar-refractivity contribution >= 4 is 23.5 Å². The van der Waals surface area contributed by atoms with E-state index in [1.807, 2.05) is 0 Å². The van der Waals surface area contributed by atoms with Gasteiger partial charge in [0.15, 0.2) is 0 Å². The minimum absolute atomic E-state index is 0.120. The highest BCUT2D eigenvalue weighted by molar-refractivity contribution is 6.31. The molecular formula is C10H14ClN3O4. The second-order valence-corrected chi connectivity index (χ2v) is 4.28. The maximum atomic E-state index is 10.7. The zero-order valence-electron chi connectivity index (χ0n) is 10.1. The molecule has 1 aromatic rings. The summed E-state index contributed by atoms with van der Waals surface area (Å²) in [4.78, 5) is 22.6. The van der Waals surface area contributed by atoms with Gasteiger partial charge in [0.2, 0.25) is 0 Å². The summed E-state index contributed by atoms with van der Waals surface area (Å²) in [5.41, 5.74) is 1.22. The lowest BCUT2D eigenvalue weighted by molar-refractivity contribution is -0.142. The zero-order chi connectivity index (χ0) is 13.9. The van der Waals surface area contributed by atoms with E-state index in [0.29, 0.717) is 16.4 Å². The number of aliphatic carboxylic acids is 2. The van der Waals surface area contributed by atoms with Gasteiger partial charge in [0.05, 0.1) is 29.5 Å². The monoisotopic (exact) mass is 275 g/mol. The number of halogens is 1. The van der Waals surface area contributed by atoms with Crippen LogP contribution in [-0.2, 0) is 23.2 Å². The number of hydrogen-bond acceptors (Lipinski definition) is 4.